The second-order valence-corrected chi connectivity index (χ2v) is 18.3. The van der Waals surface area contributed by atoms with Crippen LogP contribution in [0.4, 0.5) is 0 Å². The van der Waals surface area contributed by atoms with Crippen LogP contribution in [0.15, 0.2) is 194 Å². The first-order valence-electron chi connectivity index (χ1n) is 22.5. The van der Waals surface area contributed by atoms with Gasteiger partial charge in [0.05, 0.1) is 38.8 Å². The summed E-state index contributed by atoms with van der Waals surface area (Å²) in [6, 6.07) is 73.9. The largest absolute Gasteiger partial charge is 0.310 e. The molecule has 3 nitrogen and oxygen atoms in total. The molecule has 0 bridgehead atoms. The number of hydrogen-bond donors (Lipinski definition) is 0. The van der Waals surface area contributed by atoms with Gasteiger partial charge in [-0.15, -0.1) is 0 Å². The van der Waals surface area contributed by atoms with Gasteiger partial charge in [0.25, 0.3) is 6.71 Å². The summed E-state index contributed by atoms with van der Waals surface area (Å²) in [5.41, 5.74) is 20.6. The van der Waals surface area contributed by atoms with Crippen LogP contribution in [0.1, 0.15) is 0 Å². The third-order valence-electron chi connectivity index (χ3n) is 15.5. The number of benzene rings is 11. The van der Waals surface area contributed by atoms with Gasteiger partial charge in [0, 0.05) is 43.7 Å². The molecule has 0 spiro atoms. The third-order valence-corrected chi connectivity index (χ3v) is 15.5. The zero-order valence-electron chi connectivity index (χ0n) is 34.4. The number of fused-ring (bicyclic) bond motifs is 18. The van der Waals surface area contributed by atoms with Crippen molar-refractivity contribution in [1.82, 2.24) is 13.7 Å². The van der Waals surface area contributed by atoms with Crippen LogP contribution in [0.25, 0.3) is 137 Å². The maximum Gasteiger partial charge on any atom is 0.252 e. The average molecular weight is 806 g/mol. The Morgan fingerprint density at radius 3 is 1.58 bits per heavy atom. The van der Waals surface area contributed by atoms with Crippen molar-refractivity contribution < 1.29 is 0 Å². The summed E-state index contributed by atoms with van der Waals surface area (Å²) in [4.78, 5) is 0. The van der Waals surface area contributed by atoms with Crippen LogP contribution in [0.3, 0.4) is 0 Å². The molecule has 64 heavy (non-hydrogen) atoms. The molecular weight excluding hydrogens is 773 g/mol. The summed E-state index contributed by atoms with van der Waals surface area (Å²) in [5.74, 6) is 0. The van der Waals surface area contributed by atoms with Gasteiger partial charge >= 0.3 is 0 Å². The van der Waals surface area contributed by atoms with Crippen LogP contribution in [0.5, 0.6) is 0 Å². The van der Waals surface area contributed by atoms with Gasteiger partial charge in [0.15, 0.2) is 0 Å². The van der Waals surface area contributed by atoms with Crippen molar-refractivity contribution in [2.75, 3.05) is 0 Å². The van der Waals surface area contributed by atoms with Gasteiger partial charge in [-0.3, -0.25) is 0 Å². The number of nitrogens with zero attached hydrogens (tertiary/aromatic N) is 3. The maximum absolute atomic E-state index is 2.67. The van der Waals surface area contributed by atoms with Crippen LogP contribution in [0.2, 0.25) is 0 Å². The molecule has 1 aliphatic carbocycles. The normalized spacial score (nSPS) is 13.3. The average Bonchev–Trinajstić information content (AvgIpc) is 3.99. The zero-order valence-corrected chi connectivity index (χ0v) is 34.4. The Kier molecular flexibility index (Phi) is 5.56. The minimum atomic E-state index is 0.00229. The first-order valence-corrected chi connectivity index (χ1v) is 22.5. The lowest BCUT2D eigenvalue weighted by Gasteiger charge is -2.35. The molecule has 17 rings (SSSR count). The lowest BCUT2D eigenvalue weighted by Crippen LogP contribution is -2.59. The zero-order chi connectivity index (χ0) is 41.1. The predicted octanol–water partition coefficient (Wildman–Crippen LogP) is 13.2. The molecule has 4 heteroatoms. The number of para-hydroxylation sites is 2. The molecule has 3 aliphatic rings. The summed E-state index contributed by atoms with van der Waals surface area (Å²) >= 11 is 0. The van der Waals surface area contributed by atoms with E-state index in [2.05, 4.69) is 208 Å². The van der Waals surface area contributed by atoms with Crippen molar-refractivity contribution in [2.24, 2.45) is 0 Å². The molecule has 5 heterocycles. The van der Waals surface area contributed by atoms with E-state index >= 15 is 0 Å². The molecule has 0 fully saturated rings. The van der Waals surface area contributed by atoms with E-state index in [1.54, 1.807) is 0 Å². The fourth-order valence-electron chi connectivity index (χ4n) is 13.1. The van der Waals surface area contributed by atoms with Gasteiger partial charge < -0.3 is 13.7 Å². The predicted molar refractivity (Wildman–Crippen MR) is 271 cm³/mol. The summed E-state index contributed by atoms with van der Waals surface area (Å²) < 4.78 is 7.85. The van der Waals surface area contributed by atoms with Crippen molar-refractivity contribution >= 4 is 121 Å². The monoisotopic (exact) mass is 805 g/mol. The first-order chi connectivity index (χ1) is 31.8. The Morgan fingerprint density at radius 2 is 0.844 bits per heavy atom. The van der Waals surface area contributed by atoms with E-state index in [0.717, 1.165) is 0 Å². The van der Waals surface area contributed by atoms with E-state index in [1.807, 2.05) is 0 Å². The molecule has 14 aromatic rings. The van der Waals surface area contributed by atoms with Crippen molar-refractivity contribution in [3.05, 3.63) is 194 Å². The van der Waals surface area contributed by atoms with Crippen LogP contribution in [-0.2, 0) is 0 Å². The van der Waals surface area contributed by atoms with Gasteiger partial charge in [-0.1, -0.05) is 158 Å². The maximum atomic E-state index is 2.67. The second kappa shape index (κ2) is 11.0. The summed E-state index contributed by atoms with van der Waals surface area (Å²) in [6.07, 6.45) is 0. The van der Waals surface area contributed by atoms with Gasteiger partial charge in [-0.2, -0.15) is 0 Å². The molecule has 0 saturated heterocycles. The molecule has 3 aromatic heterocycles. The molecule has 0 atom stereocenters. The van der Waals surface area contributed by atoms with Crippen molar-refractivity contribution in [1.29, 1.82) is 0 Å². The smallest absolute Gasteiger partial charge is 0.252 e. The Hall–Kier alpha value is -8.34. The highest BCUT2D eigenvalue weighted by Crippen LogP contribution is 2.51. The van der Waals surface area contributed by atoms with E-state index in [-0.39, 0.29) is 6.71 Å². The van der Waals surface area contributed by atoms with Gasteiger partial charge in [0.2, 0.25) is 0 Å². The minimum Gasteiger partial charge on any atom is -0.310 e. The molecule has 0 amide bonds. The third kappa shape index (κ3) is 3.59. The number of rotatable bonds is 1. The van der Waals surface area contributed by atoms with Gasteiger partial charge in [-0.25, -0.2) is 0 Å². The molecule has 0 unspecified atom stereocenters. The van der Waals surface area contributed by atoms with E-state index in [0.29, 0.717) is 0 Å². The highest BCUT2D eigenvalue weighted by Gasteiger charge is 2.43. The Balaban J connectivity index is 1.14. The highest BCUT2D eigenvalue weighted by molar-refractivity contribution is 7.00. The Morgan fingerprint density at radius 1 is 0.297 bits per heavy atom. The Bertz CT molecular complexity index is 4500. The molecule has 11 aromatic carbocycles. The van der Waals surface area contributed by atoms with Crippen LogP contribution in [-0.4, -0.2) is 20.4 Å². The fourth-order valence-corrected chi connectivity index (χ4v) is 13.1. The van der Waals surface area contributed by atoms with Crippen molar-refractivity contribution in [3.8, 4) is 39.3 Å². The molecule has 290 valence electrons. The molecule has 0 radical (unpaired) electrons. The topological polar surface area (TPSA) is 14.8 Å². The highest BCUT2D eigenvalue weighted by atomic mass is 15.1. The van der Waals surface area contributed by atoms with E-state index in [1.165, 1.54) is 153 Å². The van der Waals surface area contributed by atoms with Crippen LogP contribution >= 0.6 is 0 Å². The number of hydrogen-bond acceptors (Lipinski definition) is 0. The van der Waals surface area contributed by atoms with E-state index in [9.17, 15) is 0 Å². The van der Waals surface area contributed by atoms with Gasteiger partial charge in [0.1, 0.15) is 0 Å². The SMILES string of the molecule is c1ccc2c(c1)-c1cccc3ccc4c(c13)c1c-2ccc2c1n4-c1cc(-n3c4ccccc4c4ccccc43)cc3c1B2c1cc2ccccc2c2c4c5ccccc5ccc4n-3c12. The lowest BCUT2D eigenvalue weighted by molar-refractivity contribution is 1.10. The lowest BCUT2D eigenvalue weighted by atomic mass is 9.34. The molecule has 0 N–H and O–H groups in total. The summed E-state index contributed by atoms with van der Waals surface area (Å²) in [6.45, 7) is 0.00229. The quantitative estimate of drug-likeness (QED) is 0.147. The summed E-state index contributed by atoms with van der Waals surface area (Å²) in [5, 5.41) is 15.7. The van der Waals surface area contributed by atoms with Gasteiger partial charge in [-0.05, 0) is 107 Å². The van der Waals surface area contributed by atoms with Crippen molar-refractivity contribution in [2.45, 2.75) is 0 Å². The molecule has 0 saturated carbocycles. The first kappa shape index (κ1) is 32.4. The minimum absolute atomic E-state index is 0.00229. The fraction of sp³-hybridized carbons (Fsp3) is 0. The second-order valence-electron chi connectivity index (χ2n) is 18.3. The van der Waals surface area contributed by atoms with Crippen LogP contribution < -0.4 is 16.4 Å². The molecular formula is C60H32BN3. The van der Waals surface area contributed by atoms with E-state index in [4.69, 9.17) is 0 Å². The Labute approximate surface area is 366 Å². The standard InChI is InChI=1S/C60H32BN3/c1-3-15-37-33(12-1)24-28-49-54(37)55-38-16-4-2-13-35(38)30-46-60(55)63(49)51-31-36(62-47-22-9-7-19-41(47)42-20-8-10-23-48(42)62)32-52-58(51)61(46)45-27-26-44-40-18-6-5-17-39(40)43-21-11-14-34-25-29-50-57(53(34)43)56(44)59(45)64(50)52/h1-32H. The number of aromatic nitrogens is 3. The van der Waals surface area contributed by atoms with Crippen LogP contribution in [0, 0.1) is 0 Å². The molecule has 2 aliphatic heterocycles. The van der Waals surface area contributed by atoms with E-state index < -0.39 is 0 Å². The summed E-state index contributed by atoms with van der Waals surface area (Å²) in [7, 11) is 0. The van der Waals surface area contributed by atoms with Crippen molar-refractivity contribution in [3.63, 3.8) is 0 Å².